The fraction of sp³-hybridized carbons (Fsp3) is 0. The molecule has 3 rings (SSSR count). The molecule has 0 saturated carbocycles. The Morgan fingerprint density at radius 3 is 2.47 bits per heavy atom. The Kier molecular flexibility index (Phi) is 2.75. The number of rotatable bonds is 2. The molecule has 0 saturated heterocycles. The van der Waals surface area contributed by atoms with Gasteiger partial charge in [0.2, 0.25) is 0 Å². The number of benzene rings is 1. The van der Waals surface area contributed by atoms with Crippen molar-refractivity contribution in [3.8, 4) is 28.5 Å². The zero-order valence-corrected chi connectivity index (χ0v) is 9.91. The SMILES string of the molecule is N#Cc1[nH]nnc1-c1ccc(-c2cccnc2)cc1. The van der Waals surface area contributed by atoms with Gasteiger partial charge < -0.3 is 0 Å². The third-order valence-electron chi connectivity index (χ3n) is 2.81. The summed E-state index contributed by atoms with van der Waals surface area (Å²) in [6, 6.07) is 13.7. The Hall–Kier alpha value is -3.00. The van der Waals surface area contributed by atoms with E-state index < -0.39 is 0 Å². The molecular formula is C14H9N5. The van der Waals surface area contributed by atoms with Gasteiger partial charge in [0.25, 0.3) is 0 Å². The van der Waals surface area contributed by atoms with Crippen LogP contribution in [-0.2, 0) is 0 Å². The predicted molar refractivity (Wildman–Crippen MR) is 69.8 cm³/mol. The summed E-state index contributed by atoms with van der Waals surface area (Å²) in [5.74, 6) is 0. The monoisotopic (exact) mass is 247 g/mol. The molecule has 0 aliphatic rings. The van der Waals surface area contributed by atoms with E-state index in [0.29, 0.717) is 11.4 Å². The van der Waals surface area contributed by atoms with Crippen LogP contribution in [0.15, 0.2) is 48.8 Å². The number of hydrogen-bond donors (Lipinski definition) is 1. The molecular weight excluding hydrogens is 238 g/mol. The number of nitriles is 1. The largest absolute Gasteiger partial charge is 0.264 e. The van der Waals surface area contributed by atoms with Gasteiger partial charge in [0, 0.05) is 18.0 Å². The molecule has 0 bridgehead atoms. The molecule has 5 nitrogen and oxygen atoms in total. The molecule has 2 heterocycles. The van der Waals surface area contributed by atoms with Gasteiger partial charge in [-0.05, 0) is 17.2 Å². The summed E-state index contributed by atoms with van der Waals surface area (Å²) in [5.41, 5.74) is 3.92. The van der Waals surface area contributed by atoms with Crippen LogP contribution in [0.25, 0.3) is 22.4 Å². The normalized spacial score (nSPS) is 10.1. The summed E-state index contributed by atoms with van der Waals surface area (Å²) >= 11 is 0. The Morgan fingerprint density at radius 2 is 1.79 bits per heavy atom. The molecule has 5 heteroatoms. The second kappa shape index (κ2) is 4.70. The maximum atomic E-state index is 8.93. The van der Waals surface area contributed by atoms with Gasteiger partial charge in [-0.3, -0.25) is 4.98 Å². The van der Waals surface area contributed by atoms with E-state index in [0.717, 1.165) is 16.7 Å². The Morgan fingerprint density at radius 1 is 1.00 bits per heavy atom. The van der Waals surface area contributed by atoms with Gasteiger partial charge in [-0.1, -0.05) is 35.5 Å². The van der Waals surface area contributed by atoms with Crippen molar-refractivity contribution in [1.82, 2.24) is 20.4 Å². The van der Waals surface area contributed by atoms with Crippen LogP contribution in [-0.4, -0.2) is 20.4 Å². The highest BCUT2D eigenvalue weighted by molar-refractivity contribution is 5.70. The molecule has 0 amide bonds. The third kappa shape index (κ3) is 2.07. The van der Waals surface area contributed by atoms with Crippen LogP contribution in [0.4, 0.5) is 0 Å². The fourth-order valence-electron chi connectivity index (χ4n) is 1.86. The van der Waals surface area contributed by atoms with Crippen molar-refractivity contribution in [2.45, 2.75) is 0 Å². The van der Waals surface area contributed by atoms with Crippen LogP contribution in [0.2, 0.25) is 0 Å². The van der Waals surface area contributed by atoms with Crippen LogP contribution < -0.4 is 0 Å². The van der Waals surface area contributed by atoms with Crippen LogP contribution in [0, 0.1) is 11.3 Å². The predicted octanol–water partition coefficient (Wildman–Crippen LogP) is 2.41. The summed E-state index contributed by atoms with van der Waals surface area (Å²) in [6.45, 7) is 0. The van der Waals surface area contributed by atoms with Crippen molar-refractivity contribution < 1.29 is 0 Å². The zero-order valence-electron chi connectivity index (χ0n) is 9.91. The van der Waals surface area contributed by atoms with Crippen LogP contribution in [0.3, 0.4) is 0 Å². The lowest BCUT2D eigenvalue weighted by Gasteiger charge is -2.02. The average molecular weight is 247 g/mol. The number of hydrogen-bond acceptors (Lipinski definition) is 4. The number of nitrogens with one attached hydrogen (secondary N) is 1. The van der Waals surface area contributed by atoms with Crippen molar-refractivity contribution in [3.63, 3.8) is 0 Å². The van der Waals surface area contributed by atoms with Crippen molar-refractivity contribution in [1.29, 1.82) is 5.26 Å². The molecule has 2 aromatic heterocycles. The summed E-state index contributed by atoms with van der Waals surface area (Å²) in [5, 5.41) is 19.1. The lowest BCUT2D eigenvalue weighted by molar-refractivity contribution is 0.937. The first-order valence-electron chi connectivity index (χ1n) is 5.70. The maximum absolute atomic E-state index is 8.93. The molecule has 0 unspecified atom stereocenters. The van der Waals surface area contributed by atoms with E-state index in [1.54, 1.807) is 6.20 Å². The molecule has 90 valence electrons. The van der Waals surface area contributed by atoms with E-state index in [9.17, 15) is 0 Å². The third-order valence-corrected chi connectivity index (χ3v) is 2.81. The number of pyridine rings is 1. The molecule has 0 fully saturated rings. The van der Waals surface area contributed by atoms with E-state index >= 15 is 0 Å². The highest BCUT2D eigenvalue weighted by atomic mass is 15.3. The van der Waals surface area contributed by atoms with Crippen molar-refractivity contribution in [2.24, 2.45) is 0 Å². The molecule has 19 heavy (non-hydrogen) atoms. The van der Waals surface area contributed by atoms with E-state index in [-0.39, 0.29) is 0 Å². The van der Waals surface area contributed by atoms with Crippen LogP contribution in [0.5, 0.6) is 0 Å². The minimum Gasteiger partial charge on any atom is -0.264 e. The smallest absolute Gasteiger partial charge is 0.163 e. The summed E-state index contributed by atoms with van der Waals surface area (Å²) < 4.78 is 0. The number of nitrogens with zero attached hydrogens (tertiary/aromatic N) is 4. The molecule has 3 aromatic rings. The van der Waals surface area contributed by atoms with Crippen molar-refractivity contribution in [3.05, 3.63) is 54.5 Å². The second-order valence-corrected chi connectivity index (χ2v) is 3.97. The molecule has 0 atom stereocenters. The minimum atomic E-state index is 0.370. The van der Waals surface area contributed by atoms with Crippen molar-refractivity contribution in [2.75, 3.05) is 0 Å². The fourth-order valence-corrected chi connectivity index (χ4v) is 1.86. The first kappa shape index (κ1) is 11.1. The standard InChI is InChI=1S/C14H9N5/c15-8-13-14(18-19-17-13)11-5-3-10(4-6-11)12-2-1-7-16-9-12/h1-7,9H,(H,17,18,19). The van der Waals surface area contributed by atoms with Crippen molar-refractivity contribution >= 4 is 0 Å². The highest BCUT2D eigenvalue weighted by Gasteiger charge is 2.09. The topological polar surface area (TPSA) is 78.2 Å². The Labute approximate surface area is 109 Å². The van der Waals surface area contributed by atoms with Gasteiger partial charge in [0.1, 0.15) is 11.8 Å². The van der Waals surface area contributed by atoms with Gasteiger partial charge in [-0.2, -0.15) is 5.26 Å². The van der Waals surface area contributed by atoms with Gasteiger partial charge in [-0.15, -0.1) is 5.10 Å². The van der Waals surface area contributed by atoms with Crippen LogP contribution in [0.1, 0.15) is 5.69 Å². The van der Waals surface area contributed by atoms with Crippen LogP contribution >= 0.6 is 0 Å². The van der Waals surface area contributed by atoms with E-state index in [1.807, 2.05) is 48.7 Å². The van der Waals surface area contributed by atoms with Gasteiger partial charge in [-0.25, -0.2) is 5.10 Å². The Bertz CT molecular complexity index is 723. The zero-order chi connectivity index (χ0) is 13.1. The van der Waals surface area contributed by atoms with E-state index in [2.05, 4.69) is 20.4 Å². The Balaban J connectivity index is 1.98. The first-order chi connectivity index (χ1) is 9.38. The molecule has 1 aromatic carbocycles. The second-order valence-electron chi connectivity index (χ2n) is 3.97. The minimum absolute atomic E-state index is 0.370. The molecule has 0 spiro atoms. The summed E-state index contributed by atoms with van der Waals surface area (Å²) in [7, 11) is 0. The number of aromatic nitrogens is 4. The number of aromatic amines is 1. The van der Waals surface area contributed by atoms with E-state index in [4.69, 9.17) is 5.26 Å². The van der Waals surface area contributed by atoms with Gasteiger partial charge in [0.05, 0.1) is 0 Å². The average Bonchev–Trinajstić information content (AvgIpc) is 2.97. The first-order valence-corrected chi connectivity index (χ1v) is 5.70. The quantitative estimate of drug-likeness (QED) is 0.754. The highest BCUT2D eigenvalue weighted by Crippen LogP contribution is 2.24. The molecule has 1 N–H and O–H groups in total. The van der Waals surface area contributed by atoms with Gasteiger partial charge >= 0.3 is 0 Å². The molecule has 0 radical (unpaired) electrons. The lowest BCUT2D eigenvalue weighted by Crippen LogP contribution is -1.84. The molecule has 0 aliphatic heterocycles. The van der Waals surface area contributed by atoms with E-state index in [1.165, 1.54) is 0 Å². The number of H-pyrrole nitrogens is 1. The summed E-state index contributed by atoms with van der Waals surface area (Å²) in [4.78, 5) is 4.09. The summed E-state index contributed by atoms with van der Waals surface area (Å²) in [6.07, 6.45) is 3.55. The maximum Gasteiger partial charge on any atom is 0.163 e. The lowest BCUT2D eigenvalue weighted by atomic mass is 10.0. The van der Waals surface area contributed by atoms with Gasteiger partial charge in [0.15, 0.2) is 5.69 Å². The molecule has 0 aliphatic carbocycles.